The molecule has 2 N–H and O–H groups in total. The van der Waals surface area contributed by atoms with E-state index >= 15 is 0 Å². The second-order valence-electron chi connectivity index (χ2n) is 4.31. The molecule has 1 aliphatic rings. The molecule has 1 heterocycles. The van der Waals surface area contributed by atoms with Gasteiger partial charge in [-0.1, -0.05) is 11.6 Å². The second-order valence-corrected chi connectivity index (χ2v) is 4.31. The molecule has 0 unspecified atom stereocenters. The molecule has 0 atom stereocenters. The predicted octanol–water partition coefficient (Wildman–Crippen LogP) is -0.367. The molecule has 100 valence electrons. The molecule has 1 aromatic rings. The van der Waals surface area contributed by atoms with E-state index in [1.165, 1.54) is 0 Å². The lowest BCUT2D eigenvalue weighted by Crippen LogP contribution is -2.40. The molecule has 2 amide bonds. The summed E-state index contributed by atoms with van der Waals surface area (Å²) in [6.07, 6.45) is 0. The molecule has 0 saturated heterocycles. The lowest BCUT2D eigenvalue weighted by molar-refractivity contribution is -0.122. The van der Waals surface area contributed by atoms with E-state index < -0.39 is 17.6 Å². The number of hydrogen-bond donors (Lipinski definition) is 2. The molecular weight excluding hydrogens is 248 g/mol. The van der Waals surface area contributed by atoms with Crippen LogP contribution in [0.25, 0.3) is 0 Å². The molecule has 0 saturated carbocycles. The van der Waals surface area contributed by atoms with Crippen LogP contribution < -0.4 is 10.2 Å². The van der Waals surface area contributed by atoms with E-state index in [0.29, 0.717) is 11.3 Å². The summed E-state index contributed by atoms with van der Waals surface area (Å²) in [4.78, 5) is 36.3. The Morgan fingerprint density at radius 2 is 2.11 bits per heavy atom. The molecule has 0 aromatic heterocycles. The van der Waals surface area contributed by atoms with Gasteiger partial charge in [-0.15, -0.1) is 0 Å². The van der Waals surface area contributed by atoms with Crippen molar-refractivity contribution < 1.29 is 19.5 Å². The maximum Gasteiger partial charge on any atom is 0.299 e. The number of nitrogens with one attached hydrogen (secondary N) is 1. The quantitative estimate of drug-likeness (QED) is 0.725. The molecule has 19 heavy (non-hydrogen) atoms. The van der Waals surface area contributed by atoms with Crippen molar-refractivity contribution in [1.29, 1.82) is 0 Å². The normalized spacial score (nSPS) is 13.7. The zero-order valence-corrected chi connectivity index (χ0v) is 10.5. The van der Waals surface area contributed by atoms with Gasteiger partial charge in [0.15, 0.2) is 0 Å². The number of aliphatic hydroxyl groups excluding tert-OH is 1. The van der Waals surface area contributed by atoms with Crippen molar-refractivity contribution in [3.8, 4) is 0 Å². The summed E-state index contributed by atoms with van der Waals surface area (Å²) in [5, 5.41) is 11.1. The van der Waals surface area contributed by atoms with Gasteiger partial charge in [0, 0.05) is 6.54 Å². The van der Waals surface area contributed by atoms with Crippen LogP contribution in [0.15, 0.2) is 18.2 Å². The Hall–Kier alpha value is -2.21. The van der Waals surface area contributed by atoms with E-state index in [9.17, 15) is 14.4 Å². The van der Waals surface area contributed by atoms with Crippen molar-refractivity contribution in [1.82, 2.24) is 5.32 Å². The van der Waals surface area contributed by atoms with Gasteiger partial charge < -0.3 is 10.4 Å². The fraction of sp³-hybridized carbons (Fsp3) is 0.308. The Bertz CT molecular complexity index is 554. The van der Waals surface area contributed by atoms with Crippen molar-refractivity contribution in [3.63, 3.8) is 0 Å². The van der Waals surface area contributed by atoms with E-state index in [0.717, 1.165) is 10.5 Å². The van der Waals surface area contributed by atoms with Crippen LogP contribution in [0.3, 0.4) is 0 Å². The number of benzene rings is 1. The number of carbonyl (C=O) groups is 3. The number of Topliss-reactive ketones (excluding diaryl/α,β-unsaturated/α-hetero) is 1. The Morgan fingerprint density at radius 3 is 2.79 bits per heavy atom. The zero-order chi connectivity index (χ0) is 14.0. The topological polar surface area (TPSA) is 86.7 Å². The van der Waals surface area contributed by atoms with E-state index in [1.807, 2.05) is 6.92 Å². The number of hydrogen-bond acceptors (Lipinski definition) is 4. The summed E-state index contributed by atoms with van der Waals surface area (Å²) >= 11 is 0. The van der Waals surface area contributed by atoms with E-state index in [4.69, 9.17) is 5.11 Å². The summed E-state index contributed by atoms with van der Waals surface area (Å²) < 4.78 is 0. The van der Waals surface area contributed by atoms with Gasteiger partial charge in [0.25, 0.3) is 11.7 Å². The highest BCUT2D eigenvalue weighted by molar-refractivity contribution is 6.52. The molecule has 0 radical (unpaired) electrons. The number of rotatable bonds is 4. The summed E-state index contributed by atoms with van der Waals surface area (Å²) in [6.45, 7) is 1.55. The third-order valence-corrected chi connectivity index (χ3v) is 2.86. The van der Waals surface area contributed by atoms with Crippen LogP contribution in [0.4, 0.5) is 5.69 Å². The van der Waals surface area contributed by atoms with Crippen molar-refractivity contribution in [2.45, 2.75) is 6.92 Å². The van der Waals surface area contributed by atoms with Crippen LogP contribution in [0, 0.1) is 6.92 Å². The molecule has 1 aliphatic heterocycles. The van der Waals surface area contributed by atoms with Crippen LogP contribution in [0.1, 0.15) is 15.9 Å². The average molecular weight is 262 g/mol. The molecule has 6 heteroatoms. The molecule has 0 bridgehead atoms. The van der Waals surface area contributed by atoms with Crippen molar-refractivity contribution in [3.05, 3.63) is 29.3 Å². The Morgan fingerprint density at radius 1 is 1.37 bits per heavy atom. The monoisotopic (exact) mass is 262 g/mol. The van der Waals surface area contributed by atoms with E-state index in [2.05, 4.69) is 5.32 Å². The number of fused-ring (bicyclic) bond motifs is 1. The van der Waals surface area contributed by atoms with Crippen LogP contribution in [-0.2, 0) is 9.59 Å². The first-order valence-electron chi connectivity index (χ1n) is 5.89. The number of carbonyl (C=O) groups excluding carboxylic acids is 3. The highest BCUT2D eigenvalue weighted by Gasteiger charge is 2.36. The minimum Gasteiger partial charge on any atom is -0.395 e. The van der Waals surface area contributed by atoms with Crippen LogP contribution in [0.2, 0.25) is 0 Å². The van der Waals surface area contributed by atoms with Crippen molar-refractivity contribution in [2.75, 3.05) is 24.6 Å². The summed E-state index contributed by atoms with van der Waals surface area (Å²) in [6, 6.07) is 5.08. The number of amides is 2. The smallest absolute Gasteiger partial charge is 0.299 e. The van der Waals surface area contributed by atoms with Crippen molar-refractivity contribution >= 4 is 23.3 Å². The lowest BCUT2D eigenvalue weighted by atomic mass is 10.1. The third kappa shape index (κ3) is 2.48. The number of nitrogens with zero attached hydrogens (tertiary/aromatic N) is 1. The van der Waals surface area contributed by atoms with Crippen LogP contribution in [-0.4, -0.2) is 42.4 Å². The Balaban J connectivity index is 2.21. The first kappa shape index (κ1) is 13.2. The molecule has 2 rings (SSSR count). The maximum atomic E-state index is 11.8. The molecule has 6 nitrogen and oxygen atoms in total. The first-order chi connectivity index (χ1) is 9.04. The van der Waals surface area contributed by atoms with Crippen molar-refractivity contribution in [2.24, 2.45) is 0 Å². The van der Waals surface area contributed by atoms with Gasteiger partial charge in [-0.2, -0.15) is 0 Å². The van der Waals surface area contributed by atoms with Gasteiger partial charge in [0.05, 0.1) is 17.9 Å². The number of anilines is 1. The fourth-order valence-electron chi connectivity index (χ4n) is 1.97. The molecule has 0 fully saturated rings. The highest BCUT2D eigenvalue weighted by atomic mass is 16.3. The summed E-state index contributed by atoms with van der Waals surface area (Å²) in [5.74, 6) is -1.70. The van der Waals surface area contributed by atoms with Gasteiger partial charge >= 0.3 is 0 Å². The first-order valence-corrected chi connectivity index (χ1v) is 5.89. The SMILES string of the molecule is Cc1ccc2c(c1)C(=O)C(=O)N2CC(=O)NCCO. The molecule has 0 aliphatic carbocycles. The molecule has 0 spiro atoms. The van der Waals surface area contributed by atoms with Gasteiger partial charge in [-0.05, 0) is 19.1 Å². The fourth-order valence-corrected chi connectivity index (χ4v) is 1.97. The van der Waals surface area contributed by atoms with E-state index in [-0.39, 0.29) is 19.7 Å². The van der Waals surface area contributed by atoms with Crippen LogP contribution >= 0.6 is 0 Å². The highest BCUT2D eigenvalue weighted by Crippen LogP contribution is 2.29. The minimum absolute atomic E-state index is 0.121. The summed E-state index contributed by atoms with van der Waals surface area (Å²) in [5.41, 5.74) is 1.67. The van der Waals surface area contributed by atoms with Gasteiger partial charge in [0.2, 0.25) is 5.91 Å². The number of aliphatic hydroxyl groups is 1. The minimum atomic E-state index is -0.695. The Kier molecular flexibility index (Phi) is 3.62. The zero-order valence-electron chi connectivity index (χ0n) is 10.5. The van der Waals surface area contributed by atoms with E-state index in [1.54, 1.807) is 18.2 Å². The summed E-state index contributed by atoms with van der Waals surface area (Å²) in [7, 11) is 0. The number of aryl methyl sites for hydroxylation is 1. The standard InChI is InChI=1S/C13H14N2O4/c1-8-2-3-10-9(6-8)12(18)13(19)15(10)7-11(17)14-4-5-16/h2-3,6,16H,4-5,7H2,1H3,(H,14,17). The maximum absolute atomic E-state index is 11.8. The molecular formula is C13H14N2O4. The lowest BCUT2D eigenvalue weighted by Gasteiger charge is -2.15. The third-order valence-electron chi connectivity index (χ3n) is 2.86. The van der Waals surface area contributed by atoms with Gasteiger partial charge in [-0.25, -0.2) is 0 Å². The number of ketones is 1. The Labute approximate surface area is 110 Å². The van der Waals surface area contributed by atoms with Crippen LogP contribution in [0.5, 0.6) is 0 Å². The predicted molar refractivity (Wildman–Crippen MR) is 68.0 cm³/mol. The largest absolute Gasteiger partial charge is 0.395 e. The second kappa shape index (κ2) is 5.19. The average Bonchev–Trinajstić information content (AvgIpc) is 2.61. The van der Waals surface area contributed by atoms with Gasteiger partial charge in [0.1, 0.15) is 6.54 Å². The van der Waals surface area contributed by atoms with Gasteiger partial charge in [-0.3, -0.25) is 19.3 Å². The molecule has 1 aromatic carbocycles.